The predicted octanol–water partition coefficient (Wildman–Crippen LogP) is 3.71. The topological polar surface area (TPSA) is 26.0 Å². The highest BCUT2D eigenvalue weighted by Crippen LogP contribution is 2.23. The van der Waals surface area contributed by atoms with Crippen LogP contribution in [0.2, 0.25) is 0 Å². The molecule has 0 saturated carbocycles. The first-order chi connectivity index (χ1) is 7.41. The van der Waals surface area contributed by atoms with Crippen LogP contribution in [0, 0.1) is 24.5 Å². The van der Waals surface area contributed by atoms with Crippen molar-refractivity contribution in [3.8, 4) is 0 Å². The number of halogens is 2. The molecule has 0 aromatic heterocycles. The monoisotopic (exact) mass is 227 g/mol. The molecule has 0 aliphatic carbocycles. The Morgan fingerprint density at radius 1 is 1.12 bits per heavy atom. The average Bonchev–Trinajstić information content (AvgIpc) is 2.20. The Morgan fingerprint density at radius 2 is 1.75 bits per heavy atom. The van der Waals surface area contributed by atoms with Crippen LogP contribution in [-0.2, 0) is 0 Å². The van der Waals surface area contributed by atoms with Crippen LogP contribution in [0.25, 0.3) is 0 Å². The van der Waals surface area contributed by atoms with Crippen molar-refractivity contribution in [2.24, 2.45) is 11.7 Å². The summed E-state index contributed by atoms with van der Waals surface area (Å²) >= 11 is 0. The molecule has 0 heterocycles. The quantitative estimate of drug-likeness (QED) is 0.833. The number of nitrogens with two attached hydrogens (primary N) is 1. The fraction of sp³-hybridized carbons (Fsp3) is 0.538. The molecule has 1 rings (SSSR count). The van der Waals surface area contributed by atoms with E-state index in [9.17, 15) is 8.78 Å². The number of benzene rings is 1. The molecule has 90 valence electrons. The molecule has 0 spiro atoms. The lowest BCUT2D eigenvalue weighted by Gasteiger charge is -2.15. The van der Waals surface area contributed by atoms with Crippen molar-refractivity contribution in [2.75, 3.05) is 0 Å². The minimum atomic E-state index is -0.419. The van der Waals surface area contributed by atoms with E-state index >= 15 is 0 Å². The first-order valence-electron chi connectivity index (χ1n) is 5.63. The second kappa shape index (κ2) is 5.39. The van der Waals surface area contributed by atoms with Crippen LogP contribution in [-0.4, -0.2) is 0 Å². The zero-order valence-corrected chi connectivity index (χ0v) is 10.1. The molecular weight excluding hydrogens is 208 g/mol. The standard InChI is InChI=1S/C13H19F2N/c1-8(2)4-5-13(16)10-7-11(14)9(3)6-12(10)15/h6-8,13H,4-5,16H2,1-3H3. The fourth-order valence-corrected chi connectivity index (χ4v) is 1.61. The van der Waals surface area contributed by atoms with Gasteiger partial charge in [0.1, 0.15) is 11.6 Å². The summed E-state index contributed by atoms with van der Waals surface area (Å²) in [5.41, 5.74) is 6.45. The lowest BCUT2D eigenvalue weighted by Crippen LogP contribution is -2.13. The molecular formula is C13H19F2N. The summed E-state index contributed by atoms with van der Waals surface area (Å²) in [6, 6.07) is 2.01. The predicted molar refractivity (Wildman–Crippen MR) is 62.1 cm³/mol. The molecule has 0 saturated heterocycles. The maximum Gasteiger partial charge on any atom is 0.128 e. The van der Waals surface area contributed by atoms with Gasteiger partial charge in [0.05, 0.1) is 0 Å². The Kier molecular flexibility index (Phi) is 4.42. The number of hydrogen-bond acceptors (Lipinski definition) is 1. The summed E-state index contributed by atoms with van der Waals surface area (Å²) in [4.78, 5) is 0. The Balaban J connectivity index is 2.82. The molecule has 1 aromatic rings. The Morgan fingerprint density at radius 3 is 2.31 bits per heavy atom. The van der Waals surface area contributed by atoms with Gasteiger partial charge in [0, 0.05) is 11.6 Å². The van der Waals surface area contributed by atoms with Gasteiger partial charge in [-0.05, 0) is 43.4 Å². The summed E-state index contributed by atoms with van der Waals surface area (Å²) in [7, 11) is 0. The lowest BCUT2D eigenvalue weighted by atomic mass is 9.97. The van der Waals surface area contributed by atoms with E-state index in [4.69, 9.17) is 5.73 Å². The molecule has 1 aromatic carbocycles. The first kappa shape index (κ1) is 13.1. The second-order valence-corrected chi connectivity index (χ2v) is 4.70. The summed E-state index contributed by atoms with van der Waals surface area (Å²) in [5, 5.41) is 0. The van der Waals surface area contributed by atoms with Crippen LogP contribution in [0.4, 0.5) is 8.78 Å². The number of aryl methyl sites for hydroxylation is 1. The number of rotatable bonds is 4. The highest BCUT2D eigenvalue weighted by molar-refractivity contribution is 5.27. The molecule has 1 nitrogen and oxygen atoms in total. The maximum atomic E-state index is 13.6. The van der Waals surface area contributed by atoms with Crippen molar-refractivity contribution < 1.29 is 8.78 Å². The number of hydrogen-bond donors (Lipinski definition) is 1. The molecule has 0 amide bonds. The molecule has 1 atom stereocenters. The van der Waals surface area contributed by atoms with E-state index in [0.29, 0.717) is 17.9 Å². The minimum absolute atomic E-state index is 0.281. The molecule has 2 N–H and O–H groups in total. The van der Waals surface area contributed by atoms with E-state index in [-0.39, 0.29) is 5.56 Å². The van der Waals surface area contributed by atoms with E-state index in [1.165, 1.54) is 12.1 Å². The maximum absolute atomic E-state index is 13.6. The van der Waals surface area contributed by atoms with Gasteiger partial charge in [-0.3, -0.25) is 0 Å². The van der Waals surface area contributed by atoms with Gasteiger partial charge < -0.3 is 5.73 Å². The summed E-state index contributed by atoms with van der Waals surface area (Å²) in [6.45, 7) is 5.71. The zero-order chi connectivity index (χ0) is 12.3. The van der Waals surface area contributed by atoms with Crippen LogP contribution in [0.3, 0.4) is 0 Å². The van der Waals surface area contributed by atoms with Crippen molar-refractivity contribution in [1.29, 1.82) is 0 Å². The lowest BCUT2D eigenvalue weighted by molar-refractivity contribution is 0.486. The summed E-state index contributed by atoms with van der Waals surface area (Å²) < 4.78 is 26.9. The molecule has 0 aliphatic heterocycles. The highest BCUT2D eigenvalue weighted by Gasteiger charge is 2.14. The van der Waals surface area contributed by atoms with Crippen molar-refractivity contribution in [3.05, 3.63) is 34.9 Å². The van der Waals surface area contributed by atoms with E-state index in [1.54, 1.807) is 6.92 Å². The van der Waals surface area contributed by atoms with Gasteiger partial charge >= 0.3 is 0 Å². The average molecular weight is 227 g/mol. The van der Waals surface area contributed by atoms with Crippen molar-refractivity contribution >= 4 is 0 Å². The van der Waals surface area contributed by atoms with Crippen LogP contribution < -0.4 is 5.73 Å². The molecule has 3 heteroatoms. The molecule has 0 radical (unpaired) electrons. The SMILES string of the molecule is Cc1cc(F)c(C(N)CCC(C)C)cc1F. The fourth-order valence-electron chi connectivity index (χ4n) is 1.61. The molecule has 0 aliphatic rings. The Hall–Kier alpha value is -0.960. The Bertz CT molecular complexity index is 361. The largest absolute Gasteiger partial charge is 0.324 e. The minimum Gasteiger partial charge on any atom is -0.324 e. The Labute approximate surface area is 95.7 Å². The highest BCUT2D eigenvalue weighted by atomic mass is 19.1. The summed E-state index contributed by atoms with van der Waals surface area (Å²) in [6.07, 6.45) is 1.59. The van der Waals surface area contributed by atoms with Crippen LogP contribution >= 0.6 is 0 Å². The normalized spacial score (nSPS) is 13.2. The zero-order valence-electron chi connectivity index (χ0n) is 10.1. The van der Waals surface area contributed by atoms with Crippen molar-refractivity contribution in [3.63, 3.8) is 0 Å². The first-order valence-corrected chi connectivity index (χ1v) is 5.63. The van der Waals surface area contributed by atoms with Gasteiger partial charge in [-0.1, -0.05) is 13.8 Å². The van der Waals surface area contributed by atoms with E-state index in [1.807, 2.05) is 0 Å². The van der Waals surface area contributed by atoms with Gasteiger partial charge in [-0.15, -0.1) is 0 Å². The molecule has 1 unspecified atom stereocenters. The third kappa shape index (κ3) is 3.27. The van der Waals surface area contributed by atoms with E-state index < -0.39 is 17.7 Å². The van der Waals surface area contributed by atoms with Gasteiger partial charge in [-0.2, -0.15) is 0 Å². The second-order valence-electron chi connectivity index (χ2n) is 4.70. The van der Waals surface area contributed by atoms with Crippen molar-refractivity contribution in [2.45, 2.75) is 39.7 Å². The van der Waals surface area contributed by atoms with Gasteiger partial charge in [0.25, 0.3) is 0 Å². The van der Waals surface area contributed by atoms with Crippen LogP contribution in [0.5, 0.6) is 0 Å². The van der Waals surface area contributed by atoms with Crippen LogP contribution in [0.15, 0.2) is 12.1 Å². The van der Waals surface area contributed by atoms with Crippen LogP contribution in [0.1, 0.15) is 43.9 Å². The van der Waals surface area contributed by atoms with E-state index in [0.717, 1.165) is 6.42 Å². The smallest absolute Gasteiger partial charge is 0.128 e. The van der Waals surface area contributed by atoms with Gasteiger partial charge in [-0.25, -0.2) is 8.78 Å². The molecule has 0 fully saturated rings. The molecule has 0 bridgehead atoms. The van der Waals surface area contributed by atoms with Gasteiger partial charge in [0.2, 0.25) is 0 Å². The van der Waals surface area contributed by atoms with Gasteiger partial charge in [0.15, 0.2) is 0 Å². The summed E-state index contributed by atoms with van der Waals surface area (Å²) in [5.74, 6) is -0.282. The van der Waals surface area contributed by atoms with Crippen molar-refractivity contribution in [1.82, 2.24) is 0 Å². The van der Waals surface area contributed by atoms with E-state index in [2.05, 4.69) is 13.8 Å². The third-order valence-corrected chi connectivity index (χ3v) is 2.73. The molecule has 16 heavy (non-hydrogen) atoms. The third-order valence-electron chi connectivity index (χ3n) is 2.73.